The van der Waals surface area contributed by atoms with E-state index in [4.69, 9.17) is 0 Å². The summed E-state index contributed by atoms with van der Waals surface area (Å²) in [5.41, 5.74) is 1.08. The van der Waals surface area contributed by atoms with Crippen molar-refractivity contribution in [1.29, 1.82) is 0 Å². The Morgan fingerprint density at radius 2 is 1.60 bits per heavy atom. The molecule has 20 heavy (non-hydrogen) atoms. The molecule has 0 amide bonds. The predicted octanol–water partition coefficient (Wildman–Crippen LogP) is 4.71. The zero-order valence-electron chi connectivity index (χ0n) is 10.6. The lowest BCUT2D eigenvalue weighted by Crippen LogP contribution is -2.05. The lowest BCUT2D eigenvalue weighted by molar-refractivity contribution is -0.136. The first-order chi connectivity index (χ1) is 9.55. The van der Waals surface area contributed by atoms with E-state index in [0.29, 0.717) is 12.1 Å². The summed E-state index contributed by atoms with van der Waals surface area (Å²) in [5, 5.41) is 0.246. The fraction of sp³-hybridized carbons (Fsp3) is 0.125. The molecule has 1 aromatic heterocycles. The third kappa shape index (κ3) is 2.29. The van der Waals surface area contributed by atoms with E-state index in [1.807, 2.05) is 34.9 Å². The summed E-state index contributed by atoms with van der Waals surface area (Å²) in [4.78, 5) is 0. The highest BCUT2D eigenvalue weighted by molar-refractivity contribution is 5.84. The first-order valence-corrected chi connectivity index (χ1v) is 6.25. The van der Waals surface area contributed by atoms with Crippen LogP contribution in [0.5, 0.6) is 0 Å². The molecule has 0 saturated carbocycles. The first-order valence-electron chi connectivity index (χ1n) is 6.25. The van der Waals surface area contributed by atoms with Crippen LogP contribution >= 0.6 is 0 Å². The Morgan fingerprint density at radius 3 is 2.30 bits per heavy atom. The van der Waals surface area contributed by atoms with Crippen LogP contribution in [0, 0.1) is 0 Å². The van der Waals surface area contributed by atoms with E-state index in [-0.39, 0.29) is 5.39 Å². The Hall–Kier alpha value is -2.23. The van der Waals surface area contributed by atoms with Gasteiger partial charge in [-0.15, -0.1) is 0 Å². The van der Waals surface area contributed by atoms with Crippen molar-refractivity contribution in [3.05, 3.63) is 71.9 Å². The highest BCUT2D eigenvalue weighted by atomic mass is 19.4. The Morgan fingerprint density at radius 1 is 0.850 bits per heavy atom. The maximum atomic E-state index is 12.9. The fourth-order valence-corrected chi connectivity index (χ4v) is 2.39. The van der Waals surface area contributed by atoms with Crippen molar-refractivity contribution in [3.8, 4) is 0 Å². The normalized spacial score (nSPS) is 11.9. The molecule has 2 aromatic carbocycles. The molecule has 3 aromatic rings. The molecule has 1 heterocycles. The van der Waals surface area contributed by atoms with Crippen LogP contribution in [-0.4, -0.2) is 4.57 Å². The van der Waals surface area contributed by atoms with Gasteiger partial charge in [-0.25, -0.2) is 0 Å². The summed E-state index contributed by atoms with van der Waals surface area (Å²) < 4.78 is 40.7. The van der Waals surface area contributed by atoms with Crippen molar-refractivity contribution in [1.82, 2.24) is 4.57 Å². The summed E-state index contributed by atoms with van der Waals surface area (Å²) in [7, 11) is 0. The number of fused-ring (bicyclic) bond motifs is 1. The molecule has 0 aliphatic carbocycles. The minimum atomic E-state index is -4.32. The van der Waals surface area contributed by atoms with Crippen molar-refractivity contribution >= 4 is 10.9 Å². The van der Waals surface area contributed by atoms with E-state index in [9.17, 15) is 13.2 Å². The molecule has 4 heteroatoms. The largest absolute Gasteiger partial charge is 0.417 e. The van der Waals surface area contributed by atoms with Crippen molar-refractivity contribution < 1.29 is 13.2 Å². The average Bonchev–Trinajstić information content (AvgIpc) is 2.82. The average molecular weight is 275 g/mol. The summed E-state index contributed by atoms with van der Waals surface area (Å²) in [6.45, 7) is 0.561. The summed E-state index contributed by atoms with van der Waals surface area (Å²) in [6, 6.07) is 15.5. The second-order valence-corrected chi connectivity index (χ2v) is 4.67. The molecule has 102 valence electrons. The number of aromatic nitrogens is 1. The second-order valence-electron chi connectivity index (χ2n) is 4.67. The topological polar surface area (TPSA) is 4.93 Å². The highest BCUT2D eigenvalue weighted by Gasteiger charge is 2.32. The minimum Gasteiger partial charge on any atom is -0.343 e. The van der Waals surface area contributed by atoms with Crippen LogP contribution in [0.2, 0.25) is 0 Å². The summed E-state index contributed by atoms with van der Waals surface area (Å²) in [6.07, 6.45) is -2.62. The van der Waals surface area contributed by atoms with Gasteiger partial charge in [-0.1, -0.05) is 36.4 Å². The van der Waals surface area contributed by atoms with E-state index in [1.165, 1.54) is 12.1 Å². The Balaban J connectivity index is 2.07. The molecule has 0 atom stereocenters. The van der Waals surface area contributed by atoms with Crippen LogP contribution in [0.1, 0.15) is 11.1 Å². The van der Waals surface area contributed by atoms with Gasteiger partial charge in [0.25, 0.3) is 0 Å². The summed E-state index contributed by atoms with van der Waals surface area (Å²) in [5.74, 6) is 0. The number of hydrogen-bond acceptors (Lipinski definition) is 0. The first kappa shape index (κ1) is 12.8. The van der Waals surface area contributed by atoms with Crippen molar-refractivity contribution in [2.24, 2.45) is 0 Å². The quantitative estimate of drug-likeness (QED) is 0.638. The SMILES string of the molecule is FC(F)(F)c1cccc2c1ccn2Cc1ccccc1. The van der Waals surface area contributed by atoms with Gasteiger partial charge in [-0.2, -0.15) is 13.2 Å². The smallest absolute Gasteiger partial charge is 0.343 e. The molecular formula is C16H12F3N. The summed E-state index contributed by atoms with van der Waals surface area (Å²) >= 11 is 0. The number of halogens is 3. The van der Waals surface area contributed by atoms with Gasteiger partial charge in [0, 0.05) is 23.6 Å². The standard InChI is InChI=1S/C16H12F3N/c17-16(18,19)14-7-4-8-15-13(14)9-10-20(15)11-12-5-2-1-3-6-12/h1-10H,11H2. The Bertz CT molecular complexity index is 726. The van der Waals surface area contributed by atoms with Crippen LogP contribution in [0.4, 0.5) is 13.2 Å². The second kappa shape index (κ2) is 4.71. The molecule has 0 N–H and O–H groups in total. The highest BCUT2D eigenvalue weighted by Crippen LogP contribution is 2.35. The zero-order valence-corrected chi connectivity index (χ0v) is 10.6. The maximum absolute atomic E-state index is 12.9. The number of nitrogens with zero attached hydrogens (tertiary/aromatic N) is 1. The number of hydrogen-bond donors (Lipinski definition) is 0. The van der Waals surface area contributed by atoms with E-state index < -0.39 is 11.7 Å². The number of alkyl halides is 3. The maximum Gasteiger partial charge on any atom is 0.417 e. The molecule has 0 aliphatic rings. The number of benzene rings is 2. The molecule has 0 spiro atoms. The third-order valence-corrected chi connectivity index (χ3v) is 3.31. The van der Waals surface area contributed by atoms with Crippen LogP contribution in [0.15, 0.2) is 60.8 Å². The van der Waals surface area contributed by atoms with Crippen molar-refractivity contribution in [2.75, 3.05) is 0 Å². The fourth-order valence-electron chi connectivity index (χ4n) is 2.39. The van der Waals surface area contributed by atoms with Gasteiger partial charge in [0.05, 0.1) is 5.56 Å². The monoisotopic (exact) mass is 275 g/mol. The zero-order chi connectivity index (χ0) is 14.2. The van der Waals surface area contributed by atoms with E-state index in [1.54, 1.807) is 12.3 Å². The van der Waals surface area contributed by atoms with Gasteiger partial charge >= 0.3 is 6.18 Å². The van der Waals surface area contributed by atoms with Gasteiger partial charge < -0.3 is 4.57 Å². The molecule has 0 aliphatic heterocycles. The Labute approximate surface area is 114 Å². The molecule has 1 nitrogen and oxygen atoms in total. The lowest BCUT2D eigenvalue weighted by atomic mass is 10.1. The molecular weight excluding hydrogens is 263 g/mol. The minimum absolute atomic E-state index is 0.246. The van der Waals surface area contributed by atoms with E-state index in [2.05, 4.69) is 0 Å². The van der Waals surface area contributed by atoms with Gasteiger partial charge in [-0.05, 0) is 23.8 Å². The Kier molecular flexibility index (Phi) is 3.01. The molecule has 0 bridgehead atoms. The van der Waals surface area contributed by atoms with E-state index in [0.717, 1.165) is 11.6 Å². The third-order valence-electron chi connectivity index (χ3n) is 3.31. The molecule has 0 radical (unpaired) electrons. The van der Waals surface area contributed by atoms with Crippen molar-refractivity contribution in [3.63, 3.8) is 0 Å². The van der Waals surface area contributed by atoms with Crippen LogP contribution in [0.3, 0.4) is 0 Å². The van der Waals surface area contributed by atoms with Crippen LogP contribution < -0.4 is 0 Å². The van der Waals surface area contributed by atoms with Crippen LogP contribution in [0.25, 0.3) is 10.9 Å². The molecule has 3 rings (SSSR count). The van der Waals surface area contributed by atoms with Gasteiger partial charge in [0.1, 0.15) is 0 Å². The van der Waals surface area contributed by atoms with E-state index >= 15 is 0 Å². The van der Waals surface area contributed by atoms with Crippen LogP contribution in [-0.2, 0) is 12.7 Å². The molecule has 0 fully saturated rings. The lowest BCUT2D eigenvalue weighted by Gasteiger charge is -2.09. The van der Waals surface area contributed by atoms with Gasteiger partial charge in [0.15, 0.2) is 0 Å². The van der Waals surface area contributed by atoms with Gasteiger partial charge in [-0.3, -0.25) is 0 Å². The molecule has 0 saturated heterocycles. The van der Waals surface area contributed by atoms with Gasteiger partial charge in [0.2, 0.25) is 0 Å². The molecule has 0 unspecified atom stereocenters. The number of rotatable bonds is 2. The predicted molar refractivity (Wildman–Crippen MR) is 72.5 cm³/mol. The van der Waals surface area contributed by atoms with Crippen molar-refractivity contribution in [2.45, 2.75) is 12.7 Å².